The Morgan fingerprint density at radius 2 is 1.54 bits per heavy atom. The molecule has 0 aromatic rings. The minimum Gasteiger partial charge on any atom is -0.480 e. The second kappa shape index (κ2) is 12.1. The van der Waals surface area contributed by atoms with Crippen molar-refractivity contribution < 1.29 is 43.1 Å². The predicted octanol–water partition coefficient (Wildman–Crippen LogP) is 3.10. The third-order valence-electron chi connectivity index (χ3n) is 7.04. The van der Waals surface area contributed by atoms with Crippen LogP contribution in [0.15, 0.2) is 4.99 Å². The van der Waals surface area contributed by atoms with Gasteiger partial charge in [-0.3, -0.25) is 15.4 Å². The SMILES string of the molecule is CC(C)(C)OC(=O)N=C(NC(=O)OC(C)(C)C)NC(=O)N1C[C@H](CCCB2OC(C)(C)C(C)(C)O2)[C@](N)(C(=O)O)C1. The molecule has 0 aromatic heterocycles. The van der Waals surface area contributed by atoms with E-state index in [-0.39, 0.29) is 13.1 Å². The first-order chi connectivity index (χ1) is 18.4. The zero-order valence-corrected chi connectivity index (χ0v) is 25.9. The molecule has 232 valence electrons. The summed E-state index contributed by atoms with van der Waals surface area (Å²) >= 11 is 0. The third kappa shape index (κ3) is 9.57. The standard InChI is InChI=1S/C26H46BN5O9/c1-22(2,3)38-20(36)30-18(31-21(37)39-23(4,5)6)29-19(35)32-14-16(26(28,15-32)17(33)34)12-11-13-27-40-24(7,8)25(9,10)41-27/h16H,11-15,28H2,1-10H3,(H,33,34)(H2,29,30,31,35,36,37)/t16-,26-/m0/s1. The van der Waals surface area contributed by atoms with Crippen molar-refractivity contribution in [2.45, 2.75) is 116 Å². The fraction of sp³-hybridized carbons (Fsp3) is 0.808. The number of urea groups is 1. The number of carbonyl (C=O) groups excluding carboxylic acids is 3. The van der Waals surface area contributed by atoms with Crippen molar-refractivity contribution in [3.05, 3.63) is 0 Å². The molecule has 2 aliphatic heterocycles. The van der Waals surface area contributed by atoms with Gasteiger partial charge >= 0.3 is 31.3 Å². The highest BCUT2D eigenvalue weighted by molar-refractivity contribution is 6.45. The minimum atomic E-state index is -1.71. The Balaban J connectivity index is 2.12. The van der Waals surface area contributed by atoms with E-state index >= 15 is 0 Å². The van der Waals surface area contributed by atoms with E-state index < -0.39 is 71.1 Å². The van der Waals surface area contributed by atoms with Crippen molar-refractivity contribution in [1.29, 1.82) is 0 Å². The summed E-state index contributed by atoms with van der Waals surface area (Å²) in [7, 11) is -0.441. The van der Waals surface area contributed by atoms with E-state index in [0.29, 0.717) is 19.2 Å². The zero-order valence-electron chi connectivity index (χ0n) is 25.9. The number of amides is 4. The number of nitrogens with zero attached hydrogens (tertiary/aromatic N) is 2. The molecule has 2 atom stereocenters. The van der Waals surface area contributed by atoms with Crippen LogP contribution in [0.5, 0.6) is 0 Å². The van der Waals surface area contributed by atoms with Crippen LogP contribution < -0.4 is 16.4 Å². The van der Waals surface area contributed by atoms with Crippen molar-refractivity contribution in [3.8, 4) is 0 Å². The van der Waals surface area contributed by atoms with Gasteiger partial charge in [0.15, 0.2) is 0 Å². The summed E-state index contributed by atoms with van der Waals surface area (Å²) in [4.78, 5) is 54.9. The van der Waals surface area contributed by atoms with Crippen LogP contribution >= 0.6 is 0 Å². The van der Waals surface area contributed by atoms with Crippen molar-refractivity contribution in [2.24, 2.45) is 16.6 Å². The molecule has 0 spiro atoms. The van der Waals surface area contributed by atoms with Gasteiger partial charge in [-0.2, -0.15) is 0 Å². The molecular formula is C26H46BN5O9. The maximum atomic E-state index is 13.2. The van der Waals surface area contributed by atoms with Crippen LogP contribution in [0.2, 0.25) is 6.32 Å². The summed E-state index contributed by atoms with van der Waals surface area (Å²) in [5, 5.41) is 14.5. The number of nitrogens with two attached hydrogens (primary N) is 1. The van der Waals surface area contributed by atoms with Crippen molar-refractivity contribution >= 4 is 37.3 Å². The molecule has 2 saturated heterocycles. The number of alkyl carbamates (subject to hydrolysis) is 1. The van der Waals surface area contributed by atoms with E-state index in [9.17, 15) is 24.3 Å². The average Bonchev–Trinajstić information content (AvgIpc) is 3.18. The molecule has 15 heteroatoms. The number of hydrogen-bond donors (Lipinski definition) is 4. The van der Waals surface area contributed by atoms with Gasteiger partial charge in [0, 0.05) is 12.5 Å². The second-order valence-corrected chi connectivity index (χ2v) is 13.5. The quantitative estimate of drug-likeness (QED) is 0.212. The van der Waals surface area contributed by atoms with Crippen LogP contribution in [0.4, 0.5) is 14.4 Å². The molecule has 0 bridgehead atoms. The Morgan fingerprint density at radius 3 is 2.02 bits per heavy atom. The number of aliphatic imine (C=N–C) groups is 1. The van der Waals surface area contributed by atoms with Gasteiger partial charge in [0.2, 0.25) is 5.96 Å². The maximum Gasteiger partial charge on any atom is 0.457 e. The van der Waals surface area contributed by atoms with Gasteiger partial charge in [-0.15, -0.1) is 4.99 Å². The molecule has 0 saturated carbocycles. The molecule has 2 fully saturated rings. The van der Waals surface area contributed by atoms with Gasteiger partial charge in [0.05, 0.1) is 17.7 Å². The van der Waals surface area contributed by atoms with Crippen LogP contribution in [-0.4, -0.2) is 88.3 Å². The third-order valence-corrected chi connectivity index (χ3v) is 7.04. The summed E-state index contributed by atoms with van der Waals surface area (Å²) in [5.41, 5.74) is 1.88. The summed E-state index contributed by atoms with van der Waals surface area (Å²) in [6.45, 7) is 17.3. The number of carboxylic acids is 1. The molecule has 5 N–H and O–H groups in total. The molecule has 41 heavy (non-hydrogen) atoms. The Hall–Kier alpha value is -2.91. The first-order valence-electron chi connectivity index (χ1n) is 13.7. The lowest BCUT2D eigenvalue weighted by Crippen LogP contribution is -2.56. The molecule has 2 heterocycles. The summed E-state index contributed by atoms with van der Waals surface area (Å²) in [6.07, 6.45) is -0.566. The van der Waals surface area contributed by atoms with Crippen LogP contribution in [0, 0.1) is 5.92 Å². The molecule has 4 amide bonds. The van der Waals surface area contributed by atoms with Gasteiger partial charge in [-0.05, 0) is 82.0 Å². The Morgan fingerprint density at radius 1 is 1.00 bits per heavy atom. The van der Waals surface area contributed by atoms with E-state index in [0.717, 1.165) is 0 Å². The fourth-order valence-electron chi connectivity index (χ4n) is 4.34. The van der Waals surface area contributed by atoms with Crippen LogP contribution in [-0.2, 0) is 23.6 Å². The Kier molecular flexibility index (Phi) is 10.2. The van der Waals surface area contributed by atoms with Crippen molar-refractivity contribution in [2.75, 3.05) is 13.1 Å². The average molecular weight is 583 g/mol. The van der Waals surface area contributed by atoms with Gasteiger partial charge in [-0.1, -0.05) is 6.42 Å². The fourth-order valence-corrected chi connectivity index (χ4v) is 4.34. The number of hydrogen-bond acceptors (Lipinski definition) is 9. The number of ether oxygens (including phenoxy) is 2. The largest absolute Gasteiger partial charge is 0.480 e. The summed E-state index contributed by atoms with van der Waals surface area (Å²) in [5.74, 6) is -2.37. The monoisotopic (exact) mass is 583 g/mol. The van der Waals surface area contributed by atoms with Gasteiger partial charge in [0.1, 0.15) is 16.7 Å². The Labute approximate surface area is 242 Å². The maximum absolute atomic E-state index is 13.2. The number of carbonyl (C=O) groups is 4. The van der Waals surface area contributed by atoms with E-state index in [1.807, 2.05) is 27.7 Å². The topological polar surface area (TPSA) is 191 Å². The molecule has 2 aliphatic rings. The minimum absolute atomic E-state index is 0.0180. The van der Waals surface area contributed by atoms with E-state index in [2.05, 4.69) is 15.6 Å². The predicted molar refractivity (Wildman–Crippen MR) is 151 cm³/mol. The van der Waals surface area contributed by atoms with Gasteiger partial charge in [-0.25, -0.2) is 14.4 Å². The Bertz CT molecular complexity index is 1030. The normalized spacial score (nSPS) is 24.2. The van der Waals surface area contributed by atoms with E-state index in [4.69, 9.17) is 24.5 Å². The summed E-state index contributed by atoms with van der Waals surface area (Å²) < 4.78 is 22.4. The van der Waals surface area contributed by atoms with Crippen LogP contribution in [0.25, 0.3) is 0 Å². The highest BCUT2D eigenvalue weighted by Gasteiger charge is 2.52. The van der Waals surface area contributed by atoms with Gasteiger partial charge < -0.3 is 34.5 Å². The van der Waals surface area contributed by atoms with Crippen LogP contribution in [0.1, 0.15) is 82.1 Å². The number of rotatable bonds is 5. The van der Waals surface area contributed by atoms with Crippen LogP contribution in [0.3, 0.4) is 0 Å². The first-order valence-corrected chi connectivity index (χ1v) is 13.7. The van der Waals surface area contributed by atoms with Crippen molar-refractivity contribution in [3.63, 3.8) is 0 Å². The lowest BCUT2D eigenvalue weighted by Gasteiger charge is -2.32. The van der Waals surface area contributed by atoms with E-state index in [1.54, 1.807) is 41.5 Å². The number of aliphatic carboxylic acids is 1. The van der Waals surface area contributed by atoms with Crippen molar-refractivity contribution in [1.82, 2.24) is 15.5 Å². The lowest BCUT2D eigenvalue weighted by molar-refractivity contribution is -0.144. The first kappa shape index (κ1) is 34.3. The molecule has 0 unspecified atom stereocenters. The molecule has 0 aliphatic carbocycles. The molecule has 0 aromatic carbocycles. The highest BCUT2D eigenvalue weighted by Crippen LogP contribution is 2.39. The number of guanidine groups is 1. The number of likely N-dealkylation sites (tertiary alicyclic amines) is 1. The van der Waals surface area contributed by atoms with E-state index in [1.165, 1.54) is 4.90 Å². The molecule has 14 nitrogen and oxygen atoms in total. The smallest absolute Gasteiger partial charge is 0.457 e. The zero-order chi connectivity index (χ0) is 31.6. The highest BCUT2D eigenvalue weighted by atomic mass is 16.7. The molecular weight excluding hydrogens is 537 g/mol. The molecule has 2 rings (SSSR count). The molecule has 0 radical (unpaired) electrons. The van der Waals surface area contributed by atoms with Gasteiger partial charge in [0.25, 0.3) is 0 Å². The second-order valence-electron chi connectivity index (χ2n) is 13.5. The summed E-state index contributed by atoms with van der Waals surface area (Å²) in [6, 6.07) is -0.812. The lowest BCUT2D eigenvalue weighted by atomic mass is 9.78. The number of nitrogens with one attached hydrogen (secondary N) is 2. The number of carboxylic acid groups (broad SMARTS) is 1.